The van der Waals surface area contributed by atoms with Crippen LogP contribution in [0.1, 0.15) is 20.3 Å². The van der Waals surface area contributed by atoms with Crippen molar-refractivity contribution in [2.45, 2.75) is 38.4 Å². The van der Waals surface area contributed by atoms with Crippen molar-refractivity contribution in [2.75, 3.05) is 13.2 Å². The van der Waals surface area contributed by atoms with Crippen LogP contribution in [0.25, 0.3) is 0 Å². The van der Waals surface area contributed by atoms with Crippen molar-refractivity contribution in [3.63, 3.8) is 0 Å². The number of nitrogens with one attached hydrogen (secondary N) is 3. The number of primary amides is 1. The summed E-state index contributed by atoms with van der Waals surface area (Å²) in [7, 11) is 0. The Kier molecular flexibility index (Phi) is 9.84. The fraction of sp³-hybridized carbons (Fsp3) is 0.643. The molecule has 0 saturated carbocycles. The molecule has 9 N–H and O–H groups in total. The van der Waals surface area contributed by atoms with E-state index < -0.39 is 73.2 Å². The number of carbonyl (C=O) groups excluding carboxylic acids is 4. The van der Waals surface area contributed by atoms with Gasteiger partial charge in [0, 0.05) is 0 Å². The summed E-state index contributed by atoms with van der Waals surface area (Å²) >= 11 is 0. The number of carboxylic acids is 1. The Hall–Kier alpha value is -2.73. The molecule has 0 saturated heterocycles. The lowest BCUT2D eigenvalue weighted by Crippen LogP contribution is -2.58. The van der Waals surface area contributed by atoms with Gasteiger partial charge < -0.3 is 37.6 Å². The topological polar surface area (TPSA) is 214 Å². The van der Waals surface area contributed by atoms with E-state index >= 15 is 0 Å². The van der Waals surface area contributed by atoms with Gasteiger partial charge in [-0.2, -0.15) is 0 Å². The predicted molar refractivity (Wildman–Crippen MR) is 88.2 cm³/mol. The summed E-state index contributed by atoms with van der Waals surface area (Å²) in [5.74, 6) is -4.96. The first-order valence-electron chi connectivity index (χ1n) is 7.74. The van der Waals surface area contributed by atoms with Crippen molar-refractivity contribution in [2.24, 2.45) is 17.4 Å². The van der Waals surface area contributed by atoms with Gasteiger partial charge in [0.15, 0.2) is 0 Å². The van der Waals surface area contributed by atoms with Crippen LogP contribution in [-0.4, -0.2) is 71.1 Å². The second-order valence-corrected chi connectivity index (χ2v) is 5.86. The molecule has 3 unspecified atom stereocenters. The van der Waals surface area contributed by atoms with E-state index in [4.69, 9.17) is 16.6 Å². The molecule has 0 aliphatic rings. The lowest BCUT2D eigenvalue weighted by Gasteiger charge is -2.24. The number of aliphatic hydroxyl groups is 1. The summed E-state index contributed by atoms with van der Waals surface area (Å²) in [6, 6.07) is -3.81. The van der Waals surface area contributed by atoms with Crippen LogP contribution >= 0.6 is 0 Å². The van der Waals surface area contributed by atoms with Crippen molar-refractivity contribution in [3.8, 4) is 0 Å². The molecule has 0 aromatic carbocycles. The molecule has 0 radical (unpaired) electrons. The van der Waals surface area contributed by atoms with Gasteiger partial charge in [-0.3, -0.25) is 24.0 Å². The fourth-order valence-corrected chi connectivity index (χ4v) is 1.84. The normalized spacial score (nSPS) is 14.0. The molecule has 26 heavy (non-hydrogen) atoms. The maximum absolute atomic E-state index is 12.2. The average Bonchev–Trinajstić information content (AvgIpc) is 2.53. The van der Waals surface area contributed by atoms with Crippen LogP contribution in [0, 0.1) is 5.92 Å². The molecule has 0 heterocycles. The summed E-state index contributed by atoms with van der Waals surface area (Å²) in [6.45, 7) is 1.81. The van der Waals surface area contributed by atoms with Crippen molar-refractivity contribution >= 4 is 29.6 Å². The third-order valence-electron chi connectivity index (χ3n) is 3.23. The highest BCUT2D eigenvalue weighted by Crippen LogP contribution is 2.03. The number of carboxylic acid groups (broad SMARTS) is 1. The molecule has 4 amide bonds. The van der Waals surface area contributed by atoms with Gasteiger partial charge in [-0.05, 0) is 5.92 Å². The molecule has 3 atom stereocenters. The Bertz CT molecular complexity index is 552. The van der Waals surface area contributed by atoms with E-state index in [2.05, 4.69) is 16.0 Å². The number of nitrogens with two attached hydrogens (primary N) is 2. The highest BCUT2D eigenvalue weighted by molar-refractivity contribution is 5.94. The molecule has 0 aromatic heterocycles. The maximum atomic E-state index is 12.2. The van der Waals surface area contributed by atoms with Crippen LogP contribution in [0.4, 0.5) is 0 Å². The number of amides is 4. The monoisotopic (exact) mass is 375 g/mol. The van der Waals surface area contributed by atoms with Gasteiger partial charge in [-0.15, -0.1) is 0 Å². The second kappa shape index (κ2) is 11.0. The Labute approximate surface area is 149 Å². The molecule has 0 aliphatic heterocycles. The molecule has 0 bridgehead atoms. The van der Waals surface area contributed by atoms with E-state index in [1.165, 1.54) is 0 Å². The van der Waals surface area contributed by atoms with Gasteiger partial charge in [-0.1, -0.05) is 13.8 Å². The van der Waals surface area contributed by atoms with E-state index in [0.717, 1.165) is 0 Å². The zero-order chi connectivity index (χ0) is 20.4. The molecule has 0 rings (SSSR count). The van der Waals surface area contributed by atoms with E-state index in [1.54, 1.807) is 13.8 Å². The molecule has 12 heteroatoms. The molecular formula is C14H25N5O7. The van der Waals surface area contributed by atoms with E-state index in [-0.39, 0.29) is 0 Å². The molecule has 0 aromatic rings. The van der Waals surface area contributed by atoms with E-state index in [9.17, 15) is 29.1 Å². The first-order valence-corrected chi connectivity index (χ1v) is 7.74. The molecular weight excluding hydrogens is 350 g/mol. The highest BCUT2D eigenvalue weighted by atomic mass is 16.4. The molecule has 148 valence electrons. The Morgan fingerprint density at radius 3 is 2.00 bits per heavy atom. The van der Waals surface area contributed by atoms with Gasteiger partial charge in [0.05, 0.1) is 19.1 Å². The minimum Gasteiger partial charge on any atom is -0.480 e. The largest absolute Gasteiger partial charge is 0.480 e. The quantitative estimate of drug-likeness (QED) is 0.188. The smallest absolute Gasteiger partial charge is 0.322 e. The summed E-state index contributed by atoms with van der Waals surface area (Å²) in [4.78, 5) is 57.2. The summed E-state index contributed by atoms with van der Waals surface area (Å²) < 4.78 is 0. The van der Waals surface area contributed by atoms with Crippen molar-refractivity contribution in [3.05, 3.63) is 0 Å². The minimum atomic E-state index is -1.42. The first-order chi connectivity index (χ1) is 12.0. The second-order valence-electron chi connectivity index (χ2n) is 5.86. The molecule has 0 aliphatic carbocycles. The third kappa shape index (κ3) is 8.39. The zero-order valence-electron chi connectivity index (χ0n) is 14.5. The number of aliphatic hydroxyl groups excluding tert-OH is 1. The molecule has 12 nitrogen and oxygen atoms in total. The highest BCUT2D eigenvalue weighted by Gasteiger charge is 2.29. The average molecular weight is 375 g/mol. The minimum absolute atomic E-state index is 0.403. The van der Waals surface area contributed by atoms with Gasteiger partial charge in [0.1, 0.15) is 18.6 Å². The third-order valence-corrected chi connectivity index (χ3v) is 3.23. The van der Waals surface area contributed by atoms with Gasteiger partial charge in [0.25, 0.3) is 0 Å². The SMILES string of the molecule is CC(C)C(NC(=O)C(CO)NC(=O)C(N)CC(N)=O)C(=O)NCC(=O)O. The Balaban J connectivity index is 4.92. The number of aliphatic carboxylic acids is 1. The van der Waals surface area contributed by atoms with Crippen LogP contribution in [0.3, 0.4) is 0 Å². The van der Waals surface area contributed by atoms with Crippen molar-refractivity contribution in [1.82, 2.24) is 16.0 Å². The number of hydrogen-bond donors (Lipinski definition) is 7. The Morgan fingerprint density at radius 1 is 1.00 bits per heavy atom. The molecule has 0 spiro atoms. The van der Waals surface area contributed by atoms with Crippen molar-refractivity contribution in [1.29, 1.82) is 0 Å². The van der Waals surface area contributed by atoms with Crippen LogP contribution in [0.5, 0.6) is 0 Å². The zero-order valence-corrected chi connectivity index (χ0v) is 14.5. The first kappa shape index (κ1) is 23.3. The predicted octanol–water partition coefficient (Wildman–Crippen LogP) is -3.99. The van der Waals surface area contributed by atoms with Gasteiger partial charge in [0.2, 0.25) is 23.6 Å². The number of hydrogen-bond acceptors (Lipinski definition) is 7. The van der Waals surface area contributed by atoms with Crippen LogP contribution in [0.2, 0.25) is 0 Å². The van der Waals surface area contributed by atoms with Gasteiger partial charge >= 0.3 is 5.97 Å². The van der Waals surface area contributed by atoms with Crippen LogP contribution in [-0.2, 0) is 24.0 Å². The van der Waals surface area contributed by atoms with E-state index in [1.807, 2.05) is 0 Å². The van der Waals surface area contributed by atoms with Gasteiger partial charge in [-0.25, -0.2) is 0 Å². The lowest BCUT2D eigenvalue weighted by atomic mass is 10.0. The Morgan fingerprint density at radius 2 is 1.58 bits per heavy atom. The van der Waals surface area contributed by atoms with Crippen LogP contribution < -0.4 is 27.4 Å². The summed E-state index contributed by atoms with van der Waals surface area (Å²) in [6.07, 6.45) is -0.447. The standard InChI is InChI=1S/C14H25N5O7/c1-6(2)11(14(26)17-4-10(22)23)19-13(25)8(5-20)18-12(24)7(15)3-9(16)21/h6-8,11,20H,3-5,15H2,1-2H3,(H2,16,21)(H,17,26)(H,18,24)(H,19,25)(H,22,23). The molecule has 0 fully saturated rings. The van der Waals surface area contributed by atoms with Crippen molar-refractivity contribution < 1.29 is 34.2 Å². The maximum Gasteiger partial charge on any atom is 0.322 e. The van der Waals surface area contributed by atoms with E-state index in [0.29, 0.717) is 0 Å². The number of rotatable bonds is 11. The summed E-state index contributed by atoms with van der Waals surface area (Å²) in [5.41, 5.74) is 10.4. The number of carbonyl (C=O) groups is 5. The summed E-state index contributed by atoms with van der Waals surface area (Å²) in [5, 5.41) is 24.5. The fourth-order valence-electron chi connectivity index (χ4n) is 1.84. The lowest BCUT2D eigenvalue weighted by molar-refractivity contribution is -0.139. The van der Waals surface area contributed by atoms with Crippen LogP contribution in [0.15, 0.2) is 0 Å².